The number of hydrogen-bond acceptors (Lipinski definition) is 7. The van der Waals surface area contributed by atoms with Crippen molar-refractivity contribution in [1.82, 2.24) is 24.8 Å². The molecular weight excluding hydrogens is 679 g/mol. The van der Waals surface area contributed by atoms with Gasteiger partial charge in [0, 0.05) is 45.9 Å². The van der Waals surface area contributed by atoms with Crippen molar-refractivity contribution in [2.75, 3.05) is 23.3 Å². The van der Waals surface area contributed by atoms with E-state index in [9.17, 15) is 14.3 Å². The molecule has 53 heavy (non-hydrogen) atoms. The van der Waals surface area contributed by atoms with Crippen LogP contribution in [0.15, 0.2) is 36.7 Å². The Morgan fingerprint density at radius 3 is 2.38 bits per heavy atom. The average molecular weight is 730 g/mol. The third kappa shape index (κ3) is 5.96. The predicted molar refractivity (Wildman–Crippen MR) is 201 cm³/mol. The Balaban J connectivity index is 1.16. The van der Waals surface area contributed by atoms with Gasteiger partial charge >= 0.3 is 0 Å². The second-order valence-electron chi connectivity index (χ2n) is 16.7. The maximum Gasteiger partial charge on any atom is 0.252 e. The van der Waals surface area contributed by atoms with Crippen molar-refractivity contribution in [1.29, 1.82) is 0 Å². The van der Waals surface area contributed by atoms with Crippen LogP contribution in [0.4, 0.5) is 30.4 Å². The SMILES string of the molecule is Cc1c(C(=O)NC2(C(C)F)CC2)cc(Nc2nc(-c3ccc4c(c3)N(C3CC(N5CCCCC5)C3)C(O)C4(C)C)cc3ncn(C(C)C)c23)c(F)c1F. The van der Waals surface area contributed by atoms with E-state index < -0.39 is 40.9 Å². The number of pyridine rings is 1. The molecule has 4 aliphatic rings. The lowest BCUT2D eigenvalue weighted by Crippen LogP contribution is -2.58. The molecule has 2 saturated carbocycles. The van der Waals surface area contributed by atoms with Crippen LogP contribution in [0.5, 0.6) is 0 Å². The van der Waals surface area contributed by atoms with Crippen molar-refractivity contribution in [2.45, 2.75) is 128 Å². The van der Waals surface area contributed by atoms with Gasteiger partial charge in [0.05, 0.1) is 28.8 Å². The largest absolute Gasteiger partial charge is 0.373 e. The van der Waals surface area contributed by atoms with Gasteiger partial charge in [-0.25, -0.2) is 23.1 Å². The molecule has 0 bridgehead atoms. The molecule has 1 amide bonds. The Kier molecular flexibility index (Phi) is 8.80. The van der Waals surface area contributed by atoms with Crippen LogP contribution in [0.2, 0.25) is 0 Å². The third-order valence-corrected chi connectivity index (χ3v) is 12.5. The average Bonchev–Trinajstić information content (AvgIpc) is 3.72. The number of hydrogen-bond donors (Lipinski definition) is 3. The number of alkyl halides is 1. The predicted octanol–water partition coefficient (Wildman–Crippen LogP) is 8.06. The van der Waals surface area contributed by atoms with Crippen LogP contribution in [0.25, 0.3) is 22.3 Å². The molecule has 2 atom stereocenters. The van der Waals surface area contributed by atoms with Gasteiger partial charge in [0.1, 0.15) is 17.9 Å². The molecule has 0 spiro atoms. The number of rotatable bonds is 9. The maximum absolute atomic E-state index is 15.7. The monoisotopic (exact) mass is 729 g/mol. The van der Waals surface area contributed by atoms with E-state index in [2.05, 4.69) is 51.4 Å². The highest BCUT2D eigenvalue weighted by Crippen LogP contribution is 2.50. The summed E-state index contributed by atoms with van der Waals surface area (Å²) in [6.07, 6.45) is 6.51. The quantitative estimate of drug-likeness (QED) is 0.160. The van der Waals surface area contributed by atoms with Gasteiger partial charge in [-0.3, -0.25) is 4.79 Å². The number of anilines is 3. The molecule has 2 aromatic heterocycles. The maximum atomic E-state index is 15.7. The second kappa shape index (κ2) is 13.0. The van der Waals surface area contributed by atoms with Gasteiger partial charge in [0.15, 0.2) is 17.5 Å². The minimum absolute atomic E-state index is 0.0277. The van der Waals surface area contributed by atoms with Crippen LogP contribution >= 0.6 is 0 Å². The van der Waals surface area contributed by atoms with Gasteiger partial charge in [-0.15, -0.1) is 0 Å². The highest BCUT2D eigenvalue weighted by molar-refractivity contribution is 5.98. The van der Waals surface area contributed by atoms with Crippen LogP contribution in [0.1, 0.15) is 107 Å². The number of nitrogens with zero attached hydrogens (tertiary/aromatic N) is 5. The lowest BCUT2D eigenvalue weighted by Gasteiger charge is -2.50. The first-order valence-electron chi connectivity index (χ1n) is 19.2. The first-order valence-corrected chi connectivity index (χ1v) is 19.2. The van der Waals surface area contributed by atoms with E-state index in [1.807, 2.05) is 30.5 Å². The molecule has 2 unspecified atom stereocenters. The minimum Gasteiger partial charge on any atom is -0.373 e. The van der Waals surface area contributed by atoms with E-state index in [4.69, 9.17) is 4.98 Å². The molecule has 4 aromatic rings. The number of aliphatic hydroxyl groups excluding tert-OH is 1. The molecule has 282 valence electrons. The Labute approximate surface area is 309 Å². The number of piperidine rings is 1. The number of imidazole rings is 1. The molecule has 0 radical (unpaired) electrons. The zero-order chi connectivity index (χ0) is 37.6. The number of amides is 1. The first kappa shape index (κ1) is 35.8. The third-order valence-electron chi connectivity index (χ3n) is 12.5. The summed E-state index contributed by atoms with van der Waals surface area (Å²) in [6, 6.07) is 10.0. The zero-order valence-electron chi connectivity index (χ0n) is 31.4. The van der Waals surface area contributed by atoms with Gasteiger partial charge < -0.3 is 30.1 Å². The zero-order valence-corrected chi connectivity index (χ0v) is 31.4. The molecule has 2 aliphatic carbocycles. The molecule has 8 rings (SSSR count). The van der Waals surface area contributed by atoms with Crippen LogP contribution in [-0.4, -0.2) is 73.6 Å². The number of carbonyl (C=O) groups excluding carboxylic acids is 1. The standard InChI is InChI=1S/C41H50F3N7O2/c1-22(2)50-21-45-32-20-30(25-10-11-29-33(16-25)51(39(53)40(29,5)6)27-17-26(18-27)49-14-8-7-9-15-49)46-37(36(32)50)47-31-19-28(23(3)34(43)35(31)44)38(52)48-41(12-13-41)24(4)42/h10-11,16,19-22,24,26-27,39,53H,7-9,12-15,17-18H2,1-6H3,(H,46,47)(H,48,52). The summed E-state index contributed by atoms with van der Waals surface area (Å²) in [4.78, 5) is 27.8. The fraction of sp³-hybridized carbons (Fsp3) is 0.537. The fourth-order valence-corrected chi connectivity index (χ4v) is 8.74. The summed E-state index contributed by atoms with van der Waals surface area (Å²) in [6.45, 7) is 13.2. The van der Waals surface area contributed by atoms with E-state index in [0.29, 0.717) is 35.6 Å². The topological polar surface area (TPSA) is 98.6 Å². The van der Waals surface area contributed by atoms with Crippen LogP contribution < -0.4 is 15.5 Å². The van der Waals surface area contributed by atoms with E-state index >= 15 is 8.78 Å². The number of carbonyl (C=O) groups is 1. The van der Waals surface area contributed by atoms with Gasteiger partial charge in [-0.1, -0.05) is 32.4 Å². The number of fused-ring (bicyclic) bond motifs is 2. The Hall–Kier alpha value is -4.16. The minimum atomic E-state index is -1.28. The highest BCUT2D eigenvalue weighted by Gasteiger charge is 2.51. The van der Waals surface area contributed by atoms with E-state index in [-0.39, 0.29) is 34.7 Å². The number of aliphatic hydroxyl groups is 1. The number of benzene rings is 2. The smallest absolute Gasteiger partial charge is 0.252 e. The summed E-state index contributed by atoms with van der Waals surface area (Å²) < 4.78 is 47.4. The van der Waals surface area contributed by atoms with Crippen molar-refractivity contribution in [3.63, 3.8) is 0 Å². The van der Waals surface area contributed by atoms with E-state index in [0.717, 1.165) is 42.7 Å². The van der Waals surface area contributed by atoms with Crippen LogP contribution in [0, 0.1) is 18.6 Å². The number of aromatic nitrogens is 3. The molecule has 1 saturated heterocycles. The molecule has 2 aliphatic heterocycles. The lowest BCUT2D eigenvalue weighted by atomic mass is 9.82. The number of halogens is 3. The molecule has 4 heterocycles. The fourth-order valence-electron chi connectivity index (χ4n) is 8.74. The van der Waals surface area contributed by atoms with Crippen LogP contribution in [0.3, 0.4) is 0 Å². The lowest BCUT2D eigenvalue weighted by molar-refractivity contribution is 0.0502. The second-order valence-corrected chi connectivity index (χ2v) is 16.7. The molecule has 2 aromatic carbocycles. The Morgan fingerprint density at radius 2 is 1.72 bits per heavy atom. The van der Waals surface area contributed by atoms with E-state index in [1.165, 1.54) is 39.2 Å². The molecule has 3 fully saturated rings. The van der Waals surface area contributed by atoms with Crippen LogP contribution in [-0.2, 0) is 5.41 Å². The Morgan fingerprint density at radius 1 is 1.00 bits per heavy atom. The summed E-state index contributed by atoms with van der Waals surface area (Å²) >= 11 is 0. The summed E-state index contributed by atoms with van der Waals surface area (Å²) in [7, 11) is 0. The number of likely N-dealkylation sites (tertiary alicyclic amines) is 1. The molecule has 9 nitrogen and oxygen atoms in total. The highest BCUT2D eigenvalue weighted by atomic mass is 19.2. The van der Waals surface area contributed by atoms with Crippen molar-refractivity contribution >= 4 is 34.1 Å². The molecule has 12 heteroatoms. The van der Waals surface area contributed by atoms with Gasteiger partial charge in [0.25, 0.3) is 5.91 Å². The van der Waals surface area contributed by atoms with Crippen molar-refractivity contribution in [3.05, 3.63) is 65.0 Å². The van der Waals surface area contributed by atoms with Crippen molar-refractivity contribution < 1.29 is 23.1 Å². The summed E-state index contributed by atoms with van der Waals surface area (Å²) in [5.74, 6) is -2.73. The molecule has 3 N–H and O–H groups in total. The van der Waals surface area contributed by atoms with E-state index in [1.54, 1.807) is 6.33 Å². The Bertz CT molecular complexity index is 2080. The molecular formula is C41H50F3N7O2. The summed E-state index contributed by atoms with van der Waals surface area (Å²) in [5.41, 5.74) is 2.62. The van der Waals surface area contributed by atoms with Gasteiger partial charge in [0.2, 0.25) is 0 Å². The van der Waals surface area contributed by atoms with Gasteiger partial charge in [-0.2, -0.15) is 0 Å². The normalized spacial score (nSPS) is 23.9. The number of nitrogens with one attached hydrogen (secondary N) is 2. The summed E-state index contributed by atoms with van der Waals surface area (Å²) in [5, 5.41) is 17.5. The van der Waals surface area contributed by atoms with Crippen molar-refractivity contribution in [2.24, 2.45) is 0 Å². The van der Waals surface area contributed by atoms with Crippen molar-refractivity contribution in [3.8, 4) is 11.3 Å². The first-order chi connectivity index (χ1) is 25.2. The van der Waals surface area contributed by atoms with Gasteiger partial charge in [-0.05, 0) is 103 Å².